The molecule has 1 atom stereocenters. The quantitative estimate of drug-likeness (QED) is 0.329. The van der Waals surface area contributed by atoms with Gasteiger partial charge < -0.3 is 29.2 Å². The van der Waals surface area contributed by atoms with E-state index < -0.39 is 10.0 Å². The Hall–Kier alpha value is -3.68. The molecule has 42 heavy (non-hydrogen) atoms. The summed E-state index contributed by atoms with van der Waals surface area (Å²) in [6.45, 7) is 1.79. The standard InChI is InChI=1S/C29H35N7O5S/c1-33-26-22(10-19(12-24(26)40-2)29(37)34-14-20(30)15-41-16-34)31-28(33)23-11-18-6-9-25(36(21-7-8-21)42(3,38)39)32-27(18)35(23)13-17-4-5-17/h6,9-12,17,20-21H,4-5,7-8,13-16,30H2,1-3H3/t20-/m0/s1. The zero-order valence-electron chi connectivity index (χ0n) is 24.0. The molecule has 12 nitrogen and oxygen atoms in total. The number of hydrogen-bond acceptors (Lipinski definition) is 8. The minimum Gasteiger partial charge on any atom is -0.494 e. The number of nitrogens with zero attached hydrogens (tertiary/aromatic N) is 6. The van der Waals surface area contributed by atoms with Gasteiger partial charge in [-0.3, -0.25) is 9.10 Å². The van der Waals surface area contributed by atoms with E-state index in [1.165, 1.54) is 10.6 Å². The summed E-state index contributed by atoms with van der Waals surface area (Å²) in [4.78, 5) is 24.9. The van der Waals surface area contributed by atoms with E-state index in [1.54, 1.807) is 30.2 Å². The number of amides is 1. The lowest BCUT2D eigenvalue weighted by atomic mass is 10.1. The number of carbonyl (C=O) groups is 1. The van der Waals surface area contributed by atoms with E-state index in [-0.39, 0.29) is 24.7 Å². The van der Waals surface area contributed by atoms with Crippen molar-refractivity contribution in [3.05, 3.63) is 35.9 Å². The van der Waals surface area contributed by atoms with Crippen LogP contribution in [0.1, 0.15) is 36.0 Å². The largest absolute Gasteiger partial charge is 0.494 e. The van der Waals surface area contributed by atoms with Gasteiger partial charge in [0.1, 0.15) is 29.5 Å². The highest BCUT2D eigenvalue weighted by molar-refractivity contribution is 7.92. The van der Waals surface area contributed by atoms with Crippen molar-refractivity contribution in [3.63, 3.8) is 0 Å². The molecule has 4 aromatic rings. The molecule has 7 rings (SSSR count). The van der Waals surface area contributed by atoms with Crippen LogP contribution in [0.4, 0.5) is 5.82 Å². The average molecular weight is 594 g/mol. The van der Waals surface area contributed by atoms with Crippen LogP contribution in [0.5, 0.6) is 5.75 Å². The molecule has 3 aliphatic rings. The summed E-state index contributed by atoms with van der Waals surface area (Å²) >= 11 is 0. The third kappa shape index (κ3) is 4.78. The molecule has 0 unspecified atom stereocenters. The maximum absolute atomic E-state index is 13.4. The molecule has 2 saturated carbocycles. The number of anilines is 1. The number of fused-ring (bicyclic) bond motifs is 2. The summed E-state index contributed by atoms with van der Waals surface area (Å²) in [5.41, 5.74) is 9.49. The summed E-state index contributed by atoms with van der Waals surface area (Å²) in [6.07, 6.45) is 5.20. The Bertz CT molecular complexity index is 1820. The van der Waals surface area contributed by atoms with Gasteiger partial charge in [-0.2, -0.15) is 0 Å². The van der Waals surface area contributed by atoms with Crippen LogP contribution in [0.15, 0.2) is 30.3 Å². The molecule has 0 spiro atoms. The van der Waals surface area contributed by atoms with Crippen LogP contribution >= 0.6 is 0 Å². The van der Waals surface area contributed by atoms with Crippen molar-refractivity contribution < 1.29 is 22.7 Å². The number of methoxy groups -OCH3 is 1. The summed E-state index contributed by atoms with van der Waals surface area (Å²) < 4.78 is 42.2. The van der Waals surface area contributed by atoms with E-state index >= 15 is 0 Å². The molecule has 13 heteroatoms. The SMILES string of the molecule is COc1cc(C(=O)N2COC[C@@H](N)C2)cc2nc(-c3cc4ccc(N(C5CC5)S(C)(=O)=O)nc4n3CC3CC3)n(C)c12. The third-order valence-corrected chi connectivity index (χ3v) is 9.48. The third-order valence-electron chi connectivity index (χ3n) is 8.28. The first kappa shape index (κ1) is 27.2. The van der Waals surface area contributed by atoms with E-state index in [0.717, 1.165) is 54.5 Å². The second-order valence-electron chi connectivity index (χ2n) is 11.8. The molecule has 0 radical (unpaired) electrons. The van der Waals surface area contributed by atoms with Crippen molar-refractivity contribution in [2.75, 3.05) is 37.6 Å². The molecule has 2 N–H and O–H groups in total. The minimum atomic E-state index is -3.46. The Morgan fingerprint density at radius 2 is 1.95 bits per heavy atom. The van der Waals surface area contributed by atoms with Crippen LogP contribution < -0.4 is 14.8 Å². The Balaban J connectivity index is 1.35. The van der Waals surface area contributed by atoms with Crippen LogP contribution in [-0.2, 0) is 28.4 Å². The van der Waals surface area contributed by atoms with Crippen molar-refractivity contribution in [2.24, 2.45) is 18.7 Å². The predicted octanol–water partition coefficient (Wildman–Crippen LogP) is 2.69. The number of aryl methyl sites for hydroxylation is 1. The lowest BCUT2D eigenvalue weighted by Crippen LogP contribution is -2.49. The van der Waals surface area contributed by atoms with E-state index in [4.69, 9.17) is 25.2 Å². The number of benzene rings is 1. The predicted molar refractivity (Wildman–Crippen MR) is 159 cm³/mol. The first-order valence-electron chi connectivity index (χ1n) is 14.3. The number of pyridine rings is 1. The van der Waals surface area contributed by atoms with Crippen molar-refractivity contribution in [1.29, 1.82) is 0 Å². The number of hydrogen-bond donors (Lipinski definition) is 1. The lowest BCUT2D eigenvalue weighted by Gasteiger charge is -2.30. The number of nitrogens with two attached hydrogens (primary N) is 1. The molecule has 222 valence electrons. The highest BCUT2D eigenvalue weighted by Gasteiger charge is 2.36. The average Bonchev–Trinajstić information content (AvgIpc) is 3.89. The minimum absolute atomic E-state index is 0.0345. The normalized spacial score (nSPS) is 19.5. The fourth-order valence-electron chi connectivity index (χ4n) is 5.95. The number of rotatable bonds is 8. The van der Waals surface area contributed by atoms with Crippen molar-refractivity contribution in [2.45, 2.75) is 44.3 Å². The van der Waals surface area contributed by atoms with E-state index in [1.807, 2.05) is 17.7 Å². The van der Waals surface area contributed by atoms with Gasteiger partial charge in [-0.15, -0.1) is 0 Å². The number of ether oxygens (including phenoxy) is 2. The van der Waals surface area contributed by atoms with Crippen LogP contribution in [0.2, 0.25) is 0 Å². The zero-order chi connectivity index (χ0) is 29.3. The van der Waals surface area contributed by atoms with E-state index in [0.29, 0.717) is 47.5 Å². The monoisotopic (exact) mass is 593 g/mol. The van der Waals surface area contributed by atoms with Gasteiger partial charge in [0.05, 0.1) is 31.2 Å². The van der Waals surface area contributed by atoms with Crippen LogP contribution in [0, 0.1) is 5.92 Å². The molecule has 3 aromatic heterocycles. The zero-order valence-corrected chi connectivity index (χ0v) is 24.8. The van der Waals surface area contributed by atoms with Gasteiger partial charge in [-0.05, 0) is 61.9 Å². The molecular weight excluding hydrogens is 558 g/mol. The van der Waals surface area contributed by atoms with Crippen molar-refractivity contribution >= 4 is 43.8 Å². The Morgan fingerprint density at radius 1 is 1.17 bits per heavy atom. The Labute approximate surface area is 244 Å². The number of aromatic nitrogens is 4. The molecule has 1 saturated heterocycles. The van der Waals surface area contributed by atoms with E-state index in [2.05, 4.69) is 10.6 Å². The van der Waals surface area contributed by atoms with Gasteiger partial charge in [-0.25, -0.2) is 18.4 Å². The van der Waals surface area contributed by atoms with Gasteiger partial charge in [-0.1, -0.05) is 0 Å². The molecular formula is C29H35N7O5S. The highest BCUT2D eigenvalue weighted by atomic mass is 32.2. The molecule has 2 aliphatic carbocycles. The van der Waals surface area contributed by atoms with Crippen molar-refractivity contribution in [1.82, 2.24) is 24.0 Å². The first-order valence-corrected chi connectivity index (χ1v) is 16.1. The molecule has 1 aliphatic heterocycles. The van der Waals surface area contributed by atoms with Crippen molar-refractivity contribution in [3.8, 4) is 17.3 Å². The van der Waals surface area contributed by atoms with E-state index in [9.17, 15) is 13.2 Å². The Morgan fingerprint density at radius 3 is 2.62 bits per heavy atom. The summed E-state index contributed by atoms with van der Waals surface area (Å²) in [7, 11) is 0.0540. The van der Waals surface area contributed by atoms with Gasteiger partial charge in [0.2, 0.25) is 10.0 Å². The number of carbonyl (C=O) groups excluding carboxylic acids is 1. The molecule has 4 heterocycles. The van der Waals surface area contributed by atoms with Crippen LogP contribution in [-0.4, -0.2) is 83.7 Å². The molecule has 0 bridgehead atoms. The second-order valence-corrected chi connectivity index (χ2v) is 13.6. The fraction of sp³-hybridized carbons (Fsp3) is 0.483. The van der Waals surface area contributed by atoms with Gasteiger partial charge in [0.15, 0.2) is 5.82 Å². The van der Waals surface area contributed by atoms with Crippen LogP contribution in [0.3, 0.4) is 0 Å². The summed E-state index contributed by atoms with van der Waals surface area (Å²) in [5, 5.41) is 0.912. The van der Waals surface area contributed by atoms with Crippen LogP contribution in [0.25, 0.3) is 33.6 Å². The molecule has 3 fully saturated rings. The Kier molecular flexibility index (Phi) is 6.44. The maximum Gasteiger partial charge on any atom is 0.255 e. The second kappa shape index (κ2) is 9.96. The van der Waals surface area contributed by atoms with Gasteiger partial charge >= 0.3 is 0 Å². The lowest BCUT2D eigenvalue weighted by molar-refractivity contribution is -0.0147. The summed E-state index contributed by atoms with van der Waals surface area (Å²) in [6, 6.07) is 9.05. The molecule has 1 aromatic carbocycles. The smallest absolute Gasteiger partial charge is 0.255 e. The number of imidazole rings is 1. The van der Waals surface area contributed by atoms with Gasteiger partial charge in [0.25, 0.3) is 5.91 Å². The summed E-state index contributed by atoms with van der Waals surface area (Å²) in [5.74, 6) is 2.04. The highest BCUT2D eigenvalue weighted by Crippen LogP contribution is 2.39. The maximum atomic E-state index is 13.4. The number of sulfonamides is 1. The molecule has 1 amide bonds. The van der Waals surface area contributed by atoms with Gasteiger partial charge in [0, 0.05) is 43.2 Å². The topological polar surface area (TPSA) is 138 Å². The first-order chi connectivity index (χ1) is 20.1. The fourth-order valence-corrected chi connectivity index (χ4v) is 7.14.